The maximum Gasteiger partial charge on any atom is 0.0193 e. The van der Waals surface area contributed by atoms with Gasteiger partial charge in [-0.25, -0.2) is 0 Å². The summed E-state index contributed by atoms with van der Waals surface area (Å²) in [6.45, 7) is 14.5. The van der Waals surface area contributed by atoms with Gasteiger partial charge in [-0.15, -0.1) is 0 Å². The van der Waals surface area contributed by atoms with E-state index in [1.165, 1.54) is 27.8 Å². The fourth-order valence-electron chi connectivity index (χ4n) is 3.02. The van der Waals surface area contributed by atoms with Crippen molar-refractivity contribution in [3.63, 3.8) is 0 Å². The van der Waals surface area contributed by atoms with Gasteiger partial charge in [0, 0.05) is 4.86 Å². The van der Waals surface area contributed by atoms with E-state index in [2.05, 4.69) is 101 Å². The molecule has 0 aromatic heterocycles. The first-order valence-corrected chi connectivity index (χ1v) is 10.1. The molecule has 0 fully saturated rings. The molecule has 3 aromatic rings. The number of hydrogen-bond acceptors (Lipinski definition) is 1. The van der Waals surface area contributed by atoms with Crippen molar-refractivity contribution in [3.05, 3.63) is 101 Å². The van der Waals surface area contributed by atoms with Crippen molar-refractivity contribution in [3.8, 4) is 11.1 Å². The Kier molecular flexibility index (Phi) is 7.90. The molecule has 144 valence electrons. The summed E-state index contributed by atoms with van der Waals surface area (Å²) in [6, 6.07) is 23.4. The Hall–Kier alpha value is -2.51. The Morgan fingerprint density at radius 2 is 1.54 bits per heavy atom. The van der Waals surface area contributed by atoms with Crippen LogP contribution in [0.2, 0.25) is 0 Å². The Balaban J connectivity index is 0.000000237. The normalized spacial score (nSPS) is 10.2. The van der Waals surface area contributed by atoms with E-state index >= 15 is 0 Å². The van der Waals surface area contributed by atoms with Crippen LogP contribution in [0.1, 0.15) is 54.5 Å². The van der Waals surface area contributed by atoms with E-state index in [-0.39, 0.29) is 0 Å². The summed E-state index contributed by atoms with van der Waals surface area (Å²) in [5, 5.41) is 0. The molecule has 0 aliphatic carbocycles. The molecule has 0 saturated carbocycles. The summed E-state index contributed by atoms with van der Waals surface area (Å²) in [4.78, 5) is 0.912. The van der Waals surface area contributed by atoms with Crippen LogP contribution in [0.5, 0.6) is 0 Å². The molecule has 0 bridgehead atoms. The second-order valence-corrected chi connectivity index (χ2v) is 8.06. The van der Waals surface area contributed by atoms with E-state index in [9.17, 15) is 0 Å². The summed E-state index contributed by atoms with van der Waals surface area (Å²) < 4.78 is 0. The molecule has 0 spiro atoms. The lowest BCUT2D eigenvalue weighted by atomic mass is 9.94. The third-order valence-electron chi connectivity index (χ3n) is 4.86. The third kappa shape index (κ3) is 5.74. The van der Waals surface area contributed by atoms with Crippen LogP contribution in [-0.2, 0) is 0 Å². The Bertz CT molecular complexity index is 946. The van der Waals surface area contributed by atoms with Crippen LogP contribution in [0, 0.1) is 13.8 Å². The van der Waals surface area contributed by atoms with Crippen LogP contribution in [0.15, 0.2) is 73.3 Å². The molecule has 3 rings (SSSR count). The first kappa shape index (κ1) is 21.8. The van der Waals surface area contributed by atoms with Gasteiger partial charge in [0.2, 0.25) is 0 Å². The van der Waals surface area contributed by atoms with E-state index in [4.69, 9.17) is 12.2 Å². The lowest BCUT2D eigenvalue weighted by molar-refractivity contribution is 0.866. The molecular weight excluding hydrogens is 356 g/mol. The molecule has 0 N–H and O–H groups in total. The minimum absolute atomic E-state index is 0.653. The maximum absolute atomic E-state index is 5.22. The highest BCUT2D eigenvalue weighted by atomic mass is 32.1. The fraction of sp³-hybridized carbons (Fsp3) is 0.222. The summed E-state index contributed by atoms with van der Waals surface area (Å²) >= 11 is 5.22. The van der Waals surface area contributed by atoms with Crippen molar-refractivity contribution in [2.24, 2.45) is 0 Å². The molecule has 0 saturated heterocycles. The van der Waals surface area contributed by atoms with E-state index in [1.54, 1.807) is 0 Å². The zero-order valence-corrected chi connectivity index (χ0v) is 18.4. The molecule has 28 heavy (non-hydrogen) atoms. The molecule has 0 nitrogen and oxygen atoms in total. The summed E-state index contributed by atoms with van der Waals surface area (Å²) in [6.07, 6.45) is 1.89. The second-order valence-electron chi connectivity index (χ2n) is 7.44. The highest BCUT2D eigenvalue weighted by molar-refractivity contribution is 7.80. The van der Waals surface area contributed by atoms with Crippen LogP contribution in [-0.4, -0.2) is 4.86 Å². The van der Waals surface area contributed by atoms with Gasteiger partial charge in [0.1, 0.15) is 0 Å². The predicted molar refractivity (Wildman–Crippen MR) is 129 cm³/mol. The van der Waals surface area contributed by atoms with Crippen LogP contribution < -0.4 is 0 Å². The van der Waals surface area contributed by atoms with Crippen molar-refractivity contribution >= 4 is 23.2 Å². The van der Waals surface area contributed by atoms with Crippen molar-refractivity contribution < 1.29 is 0 Å². The summed E-state index contributed by atoms with van der Waals surface area (Å²) in [5.41, 5.74) is 8.72. The van der Waals surface area contributed by atoms with Crippen molar-refractivity contribution in [2.75, 3.05) is 0 Å². The van der Waals surface area contributed by atoms with Crippen LogP contribution in [0.25, 0.3) is 17.2 Å². The van der Waals surface area contributed by atoms with Gasteiger partial charge >= 0.3 is 0 Å². The third-order valence-corrected chi connectivity index (χ3v) is 5.09. The molecule has 0 aliphatic heterocycles. The van der Waals surface area contributed by atoms with Crippen molar-refractivity contribution in [1.82, 2.24) is 0 Å². The Morgan fingerprint density at radius 3 is 2.07 bits per heavy atom. The standard InChI is InChI=1S/C17H16S.C10H14/c1-4-14-11-15(13(3)18)9-10-17(14)16-8-6-5-7-12(16)2;1-8(2)10-6-4-9(3)5-7-10/h4-11H,1H2,2-3H3;4-8H,1-3H3. The smallest absolute Gasteiger partial charge is 0.0193 e. The van der Waals surface area contributed by atoms with Crippen LogP contribution in [0.4, 0.5) is 0 Å². The monoisotopic (exact) mass is 386 g/mol. The highest BCUT2D eigenvalue weighted by Crippen LogP contribution is 2.28. The number of thiocarbonyl (C=S) groups is 1. The topological polar surface area (TPSA) is 0 Å². The van der Waals surface area contributed by atoms with Gasteiger partial charge in [-0.05, 0) is 66.1 Å². The molecule has 0 unspecified atom stereocenters. The Morgan fingerprint density at radius 1 is 0.893 bits per heavy atom. The maximum atomic E-state index is 5.22. The SMILES string of the molecule is C=Cc1cc(C(C)=S)ccc1-c1ccccc1C.Cc1ccc(C(C)C)cc1. The van der Waals surface area contributed by atoms with Gasteiger partial charge in [0.05, 0.1) is 0 Å². The average molecular weight is 387 g/mol. The molecule has 0 amide bonds. The van der Waals surface area contributed by atoms with Gasteiger partial charge in [-0.3, -0.25) is 0 Å². The largest absolute Gasteiger partial charge is 0.0984 e. The van der Waals surface area contributed by atoms with E-state index in [1.807, 2.05) is 13.0 Å². The van der Waals surface area contributed by atoms with Crippen LogP contribution in [0.3, 0.4) is 0 Å². The summed E-state index contributed by atoms with van der Waals surface area (Å²) in [5.74, 6) is 0.653. The quantitative estimate of drug-likeness (QED) is 0.322. The van der Waals surface area contributed by atoms with E-state index in [0.717, 1.165) is 16.0 Å². The Labute approximate surface area is 176 Å². The average Bonchev–Trinajstić information content (AvgIpc) is 2.68. The molecule has 0 aliphatic rings. The van der Waals surface area contributed by atoms with Gasteiger partial charge in [0.25, 0.3) is 0 Å². The van der Waals surface area contributed by atoms with Gasteiger partial charge < -0.3 is 0 Å². The molecule has 0 radical (unpaired) electrons. The van der Waals surface area contributed by atoms with Gasteiger partial charge in [-0.2, -0.15) is 0 Å². The fourth-order valence-corrected chi connectivity index (χ4v) is 3.15. The van der Waals surface area contributed by atoms with Crippen molar-refractivity contribution in [1.29, 1.82) is 0 Å². The van der Waals surface area contributed by atoms with Crippen molar-refractivity contribution in [2.45, 2.75) is 40.5 Å². The zero-order chi connectivity index (χ0) is 20.7. The molecular formula is C27H30S. The zero-order valence-electron chi connectivity index (χ0n) is 17.6. The summed E-state index contributed by atoms with van der Waals surface area (Å²) in [7, 11) is 0. The minimum atomic E-state index is 0.653. The van der Waals surface area contributed by atoms with Gasteiger partial charge in [-0.1, -0.05) is 105 Å². The first-order chi connectivity index (χ1) is 13.3. The predicted octanol–water partition coefficient (Wildman–Crippen LogP) is 8.16. The molecule has 1 heteroatoms. The van der Waals surface area contributed by atoms with E-state index in [0.29, 0.717) is 5.92 Å². The molecule has 3 aromatic carbocycles. The molecule has 0 heterocycles. The minimum Gasteiger partial charge on any atom is -0.0984 e. The first-order valence-electron chi connectivity index (χ1n) is 9.73. The van der Waals surface area contributed by atoms with Crippen LogP contribution >= 0.6 is 12.2 Å². The highest BCUT2D eigenvalue weighted by Gasteiger charge is 2.07. The number of aryl methyl sites for hydroxylation is 2. The number of rotatable bonds is 4. The lowest BCUT2D eigenvalue weighted by Gasteiger charge is -2.11. The lowest BCUT2D eigenvalue weighted by Crippen LogP contribution is -1.93. The van der Waals surface area contributed by atoms with E-state index < -0.39 is 0 Å². The number of benzene rings is 3. The number of hydrogen-bond donors (Lipinski definition) is 0. The second kappa shape index (κ2) is 10.1. The molecule has 0 atom stereocenters. The van der Waals surface area contributed by atoms with Gasteiger partial charge in [0.15, 0.2) is 0 Å².